The maximum Gasteiger partial charge on any atom is 0.225 e. The molecule has 0 fully saturated rings. The van der Waals surface area contributed by atoms with Crippen molar-refractivity contribution in [3.05, 3.63) is 45.6 Å². The van der Waals surface area contributed by atoms with Crippen molar-refractivity contribution in [1.29, 1.82) is 5.26 Å². The summed E-state index contributed by atoms with van der Waals surface area (Å²) >= 11 is 7.81. The zero-order valence-corrected chi connectivity index (χ0v) is 13.8. The molecule has 1 aromatic carbocycles. The molecule has 0 amide bonds. The van der Waals surface area contributed by atoms with Crippen LogP contribution in [-0.2, 0) is 12.8 Å². The molecular weight excluding hydrogens is 328 g/mol. The number of benzene rings is 1. The number of anilines is 2. The maximum atomic E-state index is 9.27. The average molecular weight is 341 g/mol. The van der Waals surface area contributed by atoms with Crippen LogP contribution in [0.15, 0.2) is 24.3 Å². The molecule has 6 heteroatoms. The first-order chi connectivity index (χ1) is 11.3. The first kappa shape index (κ1) is 14.4. The summed E-state index contributed by atoms with van der Waals surface area (Å²) in [6.07, 6.45) is 4.56. The van der Waals surface area contributed by atoms with Gasteiger partial charge in [0, 0.05) is 4.88 Å². The molecule has 1 aliphatic carbocycles. The number of nitrogens with zero attached hydrogens (tertiary/aromatic N) is 3. The molecule has 0 radical (unpaired) electrons. The minimum atomic E-state index is 0.230. The molecule has 0 saturated heterocycles. The predicted molar refractivity (Wildman–Crippen MR) is 93.5 cm³/mol. The lowest BCUT2D eigenvalue weighted by molar-refractivity contribution is 0.700. The molecule has 0 aliphatic heterocycles. The normalized spacial score (nSPS) is 13.6. The summed E-state index contributed by atoms with van der Waals surface area (Å²) in [5.74, 6) is 0.696. The average Bonchev–Trinajstić information content (AvgIpc) is 2.93. The number of nitriles is 1. The third-order valence-electron chi connectivity index (χ3n) is 4.09. The lowest BCUT2D eigenvalue weighted by Crippen LogP contribution is -2.02. The molecule has 1 aliphatic rings. The number of hydrogen-bond acceptors (Lipinski definition) is 5. The second kappa shape index (κ2) is 5.80. The second-order valence-corrected chi connectivity index (χ2v) is 6.94. The maximum absolute atomic E-state index is 9.27. The van der Waals surface area contributed by atoms with Gasteiger partial charge in [-0.25, -0.2) is 4.98 Å². The lowest BCUT2D eigenvalue weighted by atomic mass is 9.97. The van der Waals surface area contributed by atoms with Crippen LogP contribution < -0.4 is 5.32 Å². The zero-order chi connectivity index (χ0) is 15.8. The Bertz CT molecular complexity index is 942. The third-order valence-corrected chi connectivity index (χ3v) is 5.44. The van der Waals surface area contributed by atoms with Crippen LogP contribution in [0.25, 0.3) is 10.2 Å². The van der Waals surface area contributed by atoms with Crippen LogP contribution in [-0.4, -0.2) is 9.97 Å². The topological polar surface area (TPSA) is 61.6 Å². The fraction of sp³-hybridized carbons (Fsp3) is 0.235. The van der Waals surface area contributed by atoms with E-state index >= 15 is 0 Å². The Labute approximate surface area is 142 Å². The molecule has 23 heavy (non-hydrogen) atoms. The molecule has 0 unspecified atom stereocenters. The molecular formula is C17H13ClN4S. The van der Waals surface area contributed by atoms with Crippen molar-refractivity contribution in [3.8, 4) is 6.07 Å². The van der Waals surface area contributed by atoms with E-state index in [4.69, 9.17) is 11.6 Å². The molecule has 0 saturated carbocycles. The first-order valence-electron chi connectivity index (χ1n) is 7.50. The third kappa shape index (κ3) is 2.54. The van der Waals surface area contributed by atoms with E-state index in [1.807, 2.05) is 18.2 Å². The lowest BCUT2D eigenvalue weighted by Gasteiger charge is -2.13. The van der Waals surface area contributed by atoms with Crippen LogP contribution in [0.1, 0.15) is 28.8 Å². The molecule has 114 valence electrons. The fourth-order valence-electron chi connectivity index (χ4n) is 3.04. The summed E-state index contributed by atoms with van der Waals surface area (Å²) in [4.78, 5) is 11.1. The van der Waals surface area contributed by atoms with Gasteiger partial charge in [0.25, 0.3) is 0 Å². The van der Waals surface area contributed by atoms with Gasteiger partial charge in [-0.2, -0.15) is 10.2 Å². The van der Waals surface area contributed by atoms with E-state index in [0.29, 0.717) is 11.4 Å². The van der Waals surface area contributed by atoms with E-state index < -0.39 is 0 Å². The second-order valence-electron chi connectivity index (χ2n) is 5.51. The van der Waals surface area contributed by atoms with Gasteiger partial charge in [0.05, 0.1) is 16.6 Å². The number of aromatic nitrogens is 2. The monoisotopic (exact) mass is 340 g/mol. The number of aryl methyl sites for hydroxylation is 2. The van der Waals surface area contributed by atoms with Gasteiger partial charge >= 0.3 is 0 Å². The van der Waals surface area contributed by atoms with Crippen LogP contribution in [0.4, 0.5) is 11.5 Å². The number of thiophene rings is 1. The van der Waals surface area contributed by atoms with Crippen LogP contribution in [0.5, 0.6) is 0 Å². The Kier molecular flexibility index (Phi) is 3.64. The van der Waals surface area contributed by atoms with Crippen LogP contribution in [0.2, 0.25) is 5.28 Å². The van der Waals surface area contributed by atoms with Gasteiger partial charge in [0.1, 0.15) is 16.7 Å². The number of hydrogen-bond donors (Lipinski definition) is 1. The van der Waals surface area contributed by atoms with Gasteiger partial charge in [0.2, 0.25) is 5.28 Å². The van der Waals surface area contributed by atoms with Crippen molar-refractivity contribution in [2.75, 3.05) is 5.32 Å². The Hall–Kier alpha value is -2.16. The number of halogens is 1. The largest absolute Gasteiger partial charge is 0.338 e. The van der Waals surface area contributed by atoms with Crippen molar-refractivity contribution in [3.63, 3.8) is 0 Å². The number of fused-ring (bicyclic) bond motifs is 3. The van der Waals surface area contributed by atoms with Gasteiger partial charge in [-0.3, -0.25) is 0 Å². The number of rotatable bonds is 2. The molecule has 4 rings (SSSR count). The van der Waals surface area contributed by atoms with E-state index in [9.17, 15) is 5.26 Å². The molecule has 0 atom stereocenters. The standard InChI is InChI=1S/C17H13ClN4S/c18-17-21-15(20-12-7-3-1-5-10(12)9-19)14-11-6-2-4-8-13(11)23-16(14)22-17/h1,3,5,7H,2,4,6,8H2,(H,20,21,22). The van der Waals surface area contributed by atoms with Crippen LogP contribution in [0, 0.1) is 11.3 Å². The molecule has 2 heterocycles. The minimum Gasteiger partial charge on any atom is -0.338 e. The van der Waals surface area contributed by atoms with Crippen molar-refractivity contribution >= 4 is 44.7 Å². The fourth-order valence-corrected chi connectivity index (χ4v) is 4.52. The van der Waals surface area contributed by atoms with Gasteiger partial charge in [-0.1, -0.05) is 12.1 Å². The molecule has 0 spiro atoms. The summed E-state index contributed by atoms with van der Waals surface area (Å²) in [6, 6.07) is 9.60. The molecule has 0 bridgehead atoms. The molecule has 1 N–H and O–H groups in total. The minimum absolute atomic E-state index is 0.230. The summed E-state index contributed by atoms with van der Waals surface area (Å²) < 4.78 is 0. The van der Waals surface area contributed by atoms with Crippen molar-refractivity contribution in [2.24, 2.45) is 0 Å². The Morgan fingerprint density at radius 3 is 2.87 bits per heavy atom. The zero-order valence-electron chi connectivity index (χ0n) is 12.3. The van der Waals surface area contributed by atoms with Gasteiger partial charge in [-0.15, -0.1) is 11.3 Å². The highest BCUT2D eigenvalue weighted by Crippen LogP contribution is 2.40. The highest BCUT2D eigenvalue weighted by Gasteiger charge is 2.21. The van der Waals surface area contributed by atoms with E-state index in [2.05, 4.69) is 21.4 Å². The highest BCUT2D eigenvalue weighted by molar-refractivity contribution is 7.19. The summed E-state index contributed by atoms with van der Waals surface area (Å²) in [5, 5.41) is 13.8. The smallest absolute Gasteiger partial charge is 0.225 e. The molecule has 2 aromatic heterocycles. The van der Waals surface area contributed by atoms with Crippen LogP contribution >= 0.6 is 22.9 Å². The number of nitrogens with one attached hydrogen (secondary N) is 1. The van der Waals surface area contributed by atoms with Gasteiger partial charge in [-0.05, 0) is 55.0 Å². The predicted octanol–water partition coefficient (Wildman–Crippen LogP) is 4.84. The van der Waals surface area contributed by atoms with Gasteiger partial charge in [0.15, 0.2) is 0 Å². The van der Waals surface area contributed by atoms with Gasteiger partial charge < -0.3 is 5.32 Å². The number of para-hydroxylation sites is 1. The van der Waals surface area contributed by atoms with E-state index in [1.54, 1.807) is 17.4 Å². The summed E-state index contributed by atoms with van der Waals surface area (Å²) in [5.41, 5.74) is 2.66. The Morgan fingerprint density at radius 1 is 1.17 bits per heavy atom. The summed E-state index contributed by atoms with van der Waals surface area (Å²) in [6.45, 7) is 0. The molecule has 3 aromatic rings. The Balaban J connectivity index is 1.89. The SMILES string of the molecule is N#Cc1ccccc1Nc1nc(Cl)nc2sc3c(c12)CCCC3. The first-order valence-corrected chi connectivity index (χ1v) is 8.69. The van der Waals surface area contributed by atoms with Crippen molar-refractivity contribution < 1.29 is 0 Å². The Morgan fingerprint density at radius 2 is 2.00 bits per heavy atom. The van der Waals surface area contributed by atoms with E-state index in [0.717, 1.165) is 28.7 Å². The van der Waals surface area contributed by atoms with E-state index in [1.165, 1.54) is 23.3 Å². The highest BCUT2D eigenvalue weighted by atomic mass is 35.5. The summed E-state index contributed by atoms with van der Waals surface area (Å²) in [7, 11) is 0. The van der Waals surface area contributed by atoms with Crippen molar-refractivity contribution in [2.45, 2.75) is 25.7 Å². The van der Waals surface area contributed by atoms with Crippen LogP contribution in [0.3, 0.4) is 0 Å². The van der Waals surface area contributed by atoms with Crippen molar-refractivity contribution in [1.82, 2.24) is 9.97 Å². The van der Waals surface area contributed by atoms with E-state index in [-0.39, 0.29) is 5.28 Å². The molecule has 4 nitrogen and oxygen atoms in total. The quantitative estimate of drug-likeness (QED) is 0.678.